The number of rotatable bonds is 7. The van der Waals surface area contributed by atoms with Gasteiger partial charge in [0.15, 0.2) is 0 Å². The number of anilines is 2. The second-order valence-electron chi connectivity index (χ2n) is 9.00. The second-order valence-corrected chi connectivity index (χ2v) is 11.3. The van der Waals surface area contributed by atoms with Gasteiger partial charge in [-0.1, -0.05) is 12.1 Å². The lowest BCUT2D eigenvalue weighted by atomic mass is 9.90. The van der Waals surface area contributed by atoms with Crippen molar-refractivity contribution in [2.75, 3.05) is 31.3 Å². The zero-order chi connectivity index (χ0) is 26.0. The third-order valence-corrected chi connectivity index (χ3v) is 8.69. The fourth-order valence-electron chi connectivity index (χ4n) is 4.70. The van der Waals surface area contributed by atoms with E-state index in [0.29, 0.717) is 41.8 Å². The first-order chi connectivity index (χ1) is 17.9. The number of nitrogens with one attached hydrogen (secondary N) is 1. The van der Waals surface area contributed by atoms with Crippen LogP contribution in [0.15, 0.2) is 55.0 Å². The number of methoxy groups -OCH3 is 1. The van der Waals surface area contributed by atoms with Crippen molar-refractivity contribution in [3.63, 3.8) is 0 Å². The van der Waals surface area contributed by atoms with E-state index < -0.39 is 10.0 Å². The number of carbonyl (C=O) groups excluding carboxylic acids is 1. The maximum atomic E-state index is 12.6. The smallest absolute Gasteiger partial charge is 0.281 e. The third kappa shape index (κ3) is 5.21. The molecule has 9 nitrogen and oxygen atoms in total. The molecule has 1 aromatic carbocycles. The van der Waals surface area contributed by atoms with Gasteiger partial charge in [-0.05, 0) is 67.2 Å². The zero-order valence-electron chi connectivity index (χ0n) is 20.7. The van der Waals surface area contributed by atoms with Crippen molar-refractivity contribution >= 4 is 33.5 Å². The highest BCUT2D eigenvalue weighted by molar-refractivity contribution is 7.89. The van der Waals surface area contributed by atoms with E-state index in [1.165, 1.54) is 11.8 Å². The lowest BCUT2D eigenvalue weighted by molar-refractivity contribution is 0.0965. The van der Waals surface area contributed by atoms with Crippen LogP contribution in [0.3, 0.4) is 0 Å². The molecule has 5 rings (SSSR count). The quantitative estimate of drug-likeness (QED) is 0.499. The molecule has 2 aliphatic rings. The van der Waals surface area contributed by atoms with Crippen molar-refractivity contribution in [1.82, 2.24) is 19.6 Å². The number of carbonyl (C=O) groups is 1. The van der Waals surface area contributed by atoms with Crippen molar-refractivity contribution < 1.29 is 17.9 Å². The van der Waals surface area contributed by atoms with E-state index in [0.717, 1.165) is 29.7 Å². The van der Waals surface area contributed by atoms with Gasteiger partial charge < -0.3 is 10.1 Å². The van der Waals surface area contributed by atoms with Crippen LogP contribution in [-0.2, 0) is 10.0 Å². The molecule has 1 saturated heterocycles. The van der Waals surface area contributed by atoms with Crippen molar-refractivity contribution in [1.29, 1.82) is 0 Å². The van der Waals surface area contributed by atoms with Gasteiger partial charge in [0.2, 0.25) is 10.0 Å². The Kier molecular flexibility index (Phi) is 6.94. The van der Waals surface area contributed by atoms with Crippen LogP contribution < -0.4 is 15.4 Å². The number of amides is 1. The third-order valence-electron chi connectivity index (χ3n) is 6.81. The number of nitrogens with zero attached hydrogens (tertiary/aromatic N) is 4. The number of benzene rings is 1. The van der Waals surface area contributed by atoms with Gasteiger partial charge in [0.1, 0.15) is 11.6 Å². The molecule has 0 saturated carbocycles. The molecule has 4 heterocycles. The van der Waals surface area contributed by atoms with Crippen LogP contribution in [0.4, 0.5) is 11.5 Å². The summed E-state index contributed by atoms with van der Waals surface area (Å²) in [5.41, 5.74) is 4.50. The van der Waals surface area contributed by atoms with Crippen LogP contribution in [0.2, 0.25) is 0 Å². The zero-order valence-corrected chi connectivity index (χ0v) is 21.5. The topological polar surface area (TPSA) is 116 Å². The van der Waals surface area contributed by atoms with Crippen LogP contribution in [0.1, 0.15) is 47.2 Å². The first kappa shape index (κ1) is 24.9. The highest BCUT2D eigenvalue weighted by Crippen LogP contribution is 2.33. The molecule has 0 spiro atoms. The first-order valence-corrected chi connectivity index (χ1v) is 13.8. The molecule has 0 bridgehead atoms. The normalized spacial score (nSPS) is 16.2. The minimum atomic E-state index is -3.14. The molecule has 37 heavy (non-hydrogen) atoms. The summed E-state index contributed by atoms with van der Waals surface area (Å²) in [6, 6.07) is 11.7. The fraction of sp³-hybridized carbons (Fsp3) is 0.296. The molecule has 1 amide bonds. The maximum Gasteiger partial charge on any atom is 0.281 e. The van der Waals surface area contributed by atoms with Crippen molar-refractivity contribution in [2.24, 2.45) is 0 Å². The number of pyridine rings is 2. The van der Waals surface area contributed by atoms with Gasteiger partial charge in [-0.25, -0.2) is 23.0 Å². The Labute approximate surface area is 216 Å². The lowest BCUT2D eigenvalue weighted by Gasteiger charge is -2.31. The number of ether oxygens (including phenoxy) is 1. The number of hydrogen-bond acceptors (Lipinski definition) is 7. The molecule has 191 valence electrons. The monoisotopic (exact) mass is 518 g/mol. The van der Waals surface area contributed by atoms with E-state index >= 15 is 0 Å². The summed E-state index contributed by atoms with van der Waals surface area (Å²) < 4.78 is 31.2. The molecule has 10 heteroatoms. The van der Waals surface area contributed by atoms with E-state index in [-0.39, 0.29) is 11.7 Å². The van der Waals surface area contributed by atoms with Crippen molar-refractivity contribution in [3.05, 3.63) is 71.7 Å². The van der Waals surface area contributed by atoms with Crippen molar-refractivity contribution in [3.8, 4) is 17.0 Å². The summed E-state index contributed by atoms with van der Waals surface area (Å²) in [5.74, 6) is 1.11. The first-order valence-electron chi connectivity index (χ1n) is 12.2. The Bertz CT molecular complexity index is 1450. The molecule has 3 aromatic rings. The number of piperidine rings is 1. The van der Waals surface area contributed by atoms with Crippen LogP contribution >= 0.6 is 0 Å². The molecule has 2 aliphatic heterocycles. The highest BCUT2D eigenvalue weighted by Gasteiger charge is 2.27. The van der Waals surface area contributed by atoms with Gasteiger partial charge in [-0.15, -0.1) is 0 Å². The minimum Gasteiger partial charge on any atom is -0.495 e. The molecule has 1 radical (unpaired) electrons. The Balaban J connectivity index is 1.39. The number of aromatic nitrogens is 2. The van der Waals surface area contributed by atoms with Crippen LogP contribution in [0.25, 0.3) is 17.3 Å². The van der Waals surface area contributed by atoms with Crippen molar-refractivity contribution in [2.45, 2.75) is 25.7 Å². The predicted molar refractivity (Wildman–Crippen MR) is 142 cm³/mol. The van der Waals surface area contributed by atoms with E-state index in [1.807, 2.05) is 36.4 Å². The summed E-state index contributed by atoms with van der Waals surface area (Å²) in [5, 5.41) is 7.23. The Hall–Kier alpha value is -3.76. The van der Waals surface area contributed by atoms with E-state index in [4.69, 9.17) is 9.72 Å². The standard InChI is InChI=1S/C27H28N5O4S/c1-3-37(34,35)32-12-9-19(10-13-32)18-4-6-22(7-5-18)30-26-25-20(8-11-29-27(25)33)15-24(31-26)21-14-23(36-2)17-28-16-21/h4-8,11,14-17,19H,3,9-10,12-13H2,1-2H3,(H,30,31). The number of fused-ring (bicyclic) bond motifs is 1. The average molecular weight is 519 g/mol. The molecule has 2 aromatic heterocycles. The highest BCUT2D eigenvalue weighted by atomic mass is 32.2. The lowest BCUT2D eigenvalue weighted by Crippen LogP contribution is -2.38. The second kappa shape index (κ2) is 10.3. The van der Waals surface area contributed by atoms with Crippen LogP contribution in [0, 0.1) is 0 Å². The van der Waals surface area contributed by atoms with E-state index in [2.05, 4.69) is 15.6 Å². The van der Waals surface area contributed by atoms with E-state index in [9.17, 15) is 13.2 Å². The van der Waals surface area contributed by atoms with Gasteiger partial charge in [-0.2, -0.15) is 0 Å². The molecule has 0 atom stereocenters. The molecule has 1 fully saturated rings. The molecule has 0 unspecified atom stereocenters. The largest absolute Gasteiger partial charge is 0.495 e. The van der Waals surface area contributed by atoms with Crippen LogP contribution in [0.5, 0.6) is 5.75 Å². The van der Waals surface area contributed by atoms with Crippen LogP contribution in [-0.4, -0.2) is 54.6 Å². The number of hydrogen-bond donors (Lipinski definition) is 1. The molecular weight excluding hydrogens is 490 g/mol. The Morgan fingerprint density at radius 2 is 1.86 bits per heavy atom. The summed E-state index contributed by atoms with van der Waals surface area (Å²) in [4.78, 5) is 21.6. The predicted octanol–water partition coefficient (Wildman–Crippen LogP) is 4.15. The van der Waals surface area contributed by atoms with Gasteiger partial charge in [0.25, 0.3) is 5.91 Å². The van der Waals surface area contributed by atoms with Gasteiger partial charge >= 0.3 is 0 Å². The SMILES string of the molecule is CCS(=O)(=O)N1CCC(c2ccc(Nc3nc(-c4cncc(OC)c4)cc4c3C(=O)[N]C=C4)cc2)CC1. The molecule has 0 aliphatic carbocycles. The Morgan fingerprint density at radius 3 is 2.57 bits per heavy atom. The van der Waals surface area contributed by atoms with Gasteiger partial charge in [0, 0.05) is 36.7 Å². The summed E-state index contributed by atoms with van der Waals surface area (Å²) >= 11 is 0. The van der Waals surface area contributed by atoms with E-state index in [1.54, 1.807) is 36.8 Å². The number of sulfonamides is 1. The van der Waals surface area contributed by atoms with Gasteiger partial charge in [-0.3, -0.25) is 9.78 Å². The maximum absolute atomic E-state index is 12.6. The summed E-state index contributed by atoms with van der Waals surface area (Å²) in [6.07, 6.45) is 8.19. The summed E-state index contributed by atoms with van der Waals surface area (Å²) in [7, 11) is -1.56. The molecule has 1 N–H and O–H groups in total. The summed E-state index contributed by atoms with van der Waals surface area (Å²) in [6.45, 7) is 2.77. The average Bonchev–Trinajstić information content (AvgIpc) is 2.93. The minimum absolute atomic E-state index is 0.136. The van der Waals surface area contributed by atoms with Gasteiger partial charge in [0.05, 0.1) is 30.3 Å². The molecular formula is C27H28N5O4S. The fourth-order valence-corrected chi connectivity index (χ4v) is 5.84. The Morgan fingerprint density at radius 1 is 1.11 bits per heavy atom.